The number of thiophene rings is 1. The summed E-state index contributed by atoms with van der Waals surface area (Å²) in [5.74, 6) is -0.271. The molecule has 0 radical (unpaired) electrons. The zero-order chi connectivity index (χ0) is 13.1. The first kappa shape index (κ1) is 12.3. The molecule has 2 rings (SSSR count). The van der Waals surface area contributed by atoms with E-state index in [4.69, 9.17) is 0 Å². The SMILES string of the molecule is CNC(=O)c1ccsc1NC(=O)c1nccn1C. The average molecular weight is 264 g/mol. The Bertz CT molecular complexity index is 587. The normalized spacial score (nSPS) is 10.1. The topological polar surface area (TPSA) is 76.0 Å². The molecule has 6 nitrogen and oxygen atoms in total. The van der Waals surface area contributed by atoms with E-state index in [0.29, 0.717) is 16.4 Å². The Morgan fingerprint density at radius 2 is 2.17 bits per heavy atom. The van der Waals surface area contributed by atoms with E-state index in [-0.39, 0.29) is 11.8 Å². The molecule has 2 amide bonds. The zero-order valence-corrected chi connectivity index (χ0v) is 10.7. The van der Waals surface area contributed by atoms with E-state index in [1.54, 1.807) is 42.5 Å². The summed E-state index contributed by atoms with van der Waals surface area (Å²) in [5.41, 5.74) is 0.449. The van der Waals surface area contributed by atoms with Crippen molar-refractivity contribution in [2.75, 3.05) is 12.4 Å². The van der Waals surface area contributed by atoms with Crippen LogP contribution in [0, 0.1) is 0 Å². The summed E-state index contributed by atoms with van der Waals surface area (Å²) in [5, 5.41) is 7.47. The van der Waals surface area contributed by atoms with Gasteiger partial charge in [0.25, 0.3) is 11.8 Å². The quantitative estimate of drug-likeness (QED) is 0.871. The summed E-state index contributed by atoms with van der Waals surface area (Å²) < 4.78 is 1.61. The maximum absolute atomic E-state index is 11.9. The Morgan fingerprint density at radius 3 is 2.78 bits per heavy atom. The first-order valence-corrected chi connectivity index (χ1v) is 6.09. The van der Waals surface area contributed by atoms with E-state index < -0.39 is 0 Å². The van der Waals surface area contributed by atoms with Crippen molar-refractivity contribution in [2.24, 2.45) is 7.05 Å². The molecule has 0 atom stereocenters. The highest BCUT2D eigenvalue weighted by molar-refractivity contribution is 7.14. The summed E-state index contributed by atoms with van der Waals surface area (Å²) in [6.07, 6.45) is 3.23. The van der Waals surface area contributed by atoms with Crippen LogP contribution in [0.3, 0.4) is 0 Å². The standard InChI is InChI=1S/C11H12N4O2S/c1-12-9(16)7-3-6-18-11(7)14-10(17)8-13-4-5-15(8)2/h3-6H,1-2H3,(H,12,16)(H,14,17). The second-order valence-corrected chi connectivity index (χ2v) is 4.47. The van der Waals surface area contributed by atoms with E-state index in [1.807, 2.05) is 0 Å². The largest absolute Gasteiger partial charge is 0.355 e. The molecule has 0 fully saturated rings. The van der Waals surface area contributed by atoms with Gasteiger partial charge in [0.15, 0.2) is 5.82 Å². The number of nitrogens with one attached hydrogen (secondary N) is 2. The smallest absolute Gasteiger partial charge is 0.292 e. The summed E-state index contributed by atoms with van der Waals surface area (Å²) in [6, 6.07) is 1.66. The molecule has 7 heteroatoms. The minimum Gasteiger partial charge on any atom is -0.355 e. The molecule has 2 aromatic heterocycles. The minimum atomic E-state index is -0.338. The second kappa shape index (κ2) is 5.01. The number of hydrogen-bond acceptors (Lipinski definition) is 4. The van der Waals surface area contributed by atoms with Gasteiger partial charge in [0.05, 0.1) is 5.56 Å². The summed E-state index contributed by atoms with van der Waals surface area (Å²) in [7, 11) is 3.28. The van der Waals surface area contributed by atoms with Crippen LogP contribution in [0.15, 0.2) is 23.8 Å². The third-order valence-corrected chi connectivity index (χ3v) is 3.22. The number of carbonyl (C=O) groups is 2. The monoisotopic (exact) mass is 264 g/mol. The molecule has 0 aliphatic carbocycles. The number of amides is 2. The van der Waals surface area contributed by atoms with Crippen molar-refractivity contribution in [2.45, 2.75) is 0 Å². The average Bonchev–Trinajstić information content (AvgIpc) is 2.97. The molecular formula is C11H12N4O2S. The lowest BCUT2D eigenvalue weighted by Gasteiger charge is -2.05. The first-order chi connectivity index (χ1) is 8.63. The summed E-state index contributed by atoms with van der Waals surface area (Å²) in [4.78, 5) is 27.4. The molecule has 0 spiro atoms. The highest BCUT2D eigenvalue weighted by atomic mass is 32.1. The predicted octanol–water partition coefficient (Wildman–Crippen LogP) is 1.09. The van der Waals surface area contributed by atoms with Crippen molar-refractivity contribution >= 4 is 28.2 Å². The number of carbonyl (C=O) groups excluding carboxylic acids is 2. The van der Waals surface area contributed by atoms with E-state index in [2.05, 4.69) is 15.6 Å². The van der Waals surface area contributed by atoms with E-state index in [1.165, 1.54) is 11.3 Å². The Morgan fingerprint density at radius 1 is 1.39 bits per heavy atom. The second-order valence-electron chi connectivity index (χ2n) is 3.56. The van der Waals surface area contributed by atoms with Crippen molar-refractivity contribution in [3.8, 4) is 0 Å². The number of aryl methyl sites for hydroxylation is 1. The Hall–Kier alpha value is -2.15. The molecule has 0 saturated carbocycles. The third kappa shape index (κ3) is 2.25. The fourth-order valence-electron chi connectivity index (χ4n) is 1.46. The van der Waals surface area contributed by atoms with Gasteiger partial charge < -0.3 is 15.2 Å². The molecule has 94 valence electrons. The minimum absolute atomic E-state index is 0.230. The van der Waals surface area contributed by atoms with Gasteiger partial charge in [-0.1, -0.05) is 0 Å². The third-order valence-electron chi connectivity index (χ3n) is 2.39. The van der Waals surface area contributed by atoms with Crippen LogP contribution in [0.5, 0.6) is 0 Å². The van der Waals surface area contributed by atoms with Crippen LogP contribution in [0.1, 0.15) is 21.0 Å². The highest BCUT2D eigenvalue weighted by Gasteiger charge is 2.16. The van der Waals surface area contributed by atoms with Crippen molar-refractivity contribution < 1.29 is 9.59 Å². The van der Waals surface area contributed by atoms with Crippen molar-refractivity contribution in [1.29, 1.82) is 0 Å². The van der Waals surface area contributed by atoms with Crippen LogP contribution in [-0.4, -0.2) is 28.4 Å². The van der Waals surface area contributed by atoms with Gasteiger partial charge in [-0.15, -0.1) is 11.3 Å². The van der Waals surface area contributed by atoms with Crippen LogP contribution in [0.4, 0.5) is 5.00 Å². The lowest BCUT2D eigenvalue weighted by molar-refractivity contribution is 0.0964. The van der Waals surface area contributed by atoms with Crippen molar-refractivity contribution in [1.82, 2.24) is 14.9 Å². The van der Waals surface area contributed by atoms with Gasteiger partial charge in [-0.25, -0.2) is 4.98 Å². The molecule has 0 saturated heterocycles. The summed E-state index contributed by atoms with van der Waals surface area (Å²) in [6.45, 7) is 0. The predicted molar refractivity (Wildman–Crippen MR) is 68.9 cm³/mol. The number of anilines is 1. The maximum Gasteiger partial charge on any atom is 0.292 e. The molecule has 0 bridgehead atoms. The number of rotatable bonds is 3. The van der Waals surface area contributed by atoms with Crippen LogP contribution in [0.25, 0.3) is 0 Å². The number of nitrogens with zero attached hydrogens (tertiary/aromatic N) is 2. The van der Waals surface area contributed by atoms with Gasteiger partial charge in [-0.05, 0) is 11.4 Å². The lowest BCUT2D eigenvalue weighted by Crippen LogP contribution is -2.21. The van der Waals surface area contributed by atoms with Gasteiger partial charge >= 0.3 is 0 Å². The van der Waals surface area contributed by atoms with Crippen LogP contribution in [-0.2, 0) is 7.05 Å². The molecule has 2 aromatic rings. The first-order valence-electron chi connectivity index (χ1n) is 5.21. The van der Waals surface area contributed by atoms with Crippen molar-refractivity contribution in [3.63, 3.8) is 0 Å². The summed E-state index contributed by atoms with van der Waals surface area (Å²) >= 11 is 1.29. The van der Waals surface area contributed by atoms with Gasteiger partial charge in [-0.2, -0.15) is 0 Å². The molecule has 0 aliphatic heterocycles. The van der Waals surface area contributed by atoms with E-state index in [9.17, 15) is 9.59 Å². The fraction of sp³-hybridized carbons (Fsp3) is 0.182. The van der Waals surface area contributed by atoms with Crippen LogP contribution < -0.4 is 10.6 Å². The fourth-order valence-corrected chi connectivity index (χ4v) is 2.24. The molecule has 2 heterocycles. The van der Waals surface area contributed by atoms with Gasteiger partial charge in [0.2, 0.25) is 0 Å². The van der Waals surface area contributed by atoms with Crippen LogP contribution >= 0.6 is 11.3 Å². The molecule has 0 unspecified atom stereocenters. The van der Waals surface area contributed by atoms with Crippen LogP contribution in [0.2, 0.25) is 0 Å². The molecule has 2 N–H and O–H groups in total. The molecule has 0 aliphatic rings. The van der Waals surface area contributed by atoms with Crippen molar-refractivity contribution in [3.05, 3.63) is 35.2 Å². The zero-order valence-electron chi connectivity index (χ0n) is 9.93. The lowest BCUT2D eigenvalue weighted by atomic mass is 10.3. The van der Waals surface area contributed by atoms with Gasteiger partial charge in [0.1, 0.15) is 5.00 Å². The Kier molecular flexibility index (Phi) is 3.42. The van der Waals surface area contributed by atoms with Gasteiger partial charge in [-0.3, -0.25) is 9.59 Å². The van der Waals surface area contributed by atoms with E-state index >= 15 is 0 Å². The van der Waals surface area contributed by atoms with E-state index in [0.717, 1.165) is 0 Å². The Balaban J connectivity index is 2.20. The number of hydrogen-bond donors (Lipinski definition) is 2. The molecular weight excluding hydrogens is 252 g/mol. The molecule has 0 aromatic carbocycles. The Labute approximate surface area is 108 Å². The number of aromatic nitrogens is 2. The molecule has 18 heavy (non-hydrogen) atoms. The maximum atomic E-state index is 11.9. The van der Waals surface area contributed by atoms with Gasteiger partial charge in [0, 0.05) is 26.5 Å². The number of imidazole rings is 1. The highest BCUT2D eigenvalue weighted by Crippen LogP contribution is 2.23.